The molecule has 7 heteroatoms. The SMILES string of the molecule is Cc1cc(Br)c(NC(=O)c2cc(N)cc(Cl)c2Cl)cc1Cl. The second-order valence-electron chi connectivity index (χ2n) is 4.40. The minimum absolute atomic E-state index is 0.151. The van der Waals surface area contributed by atoms with Crippen molar-refractivity contribution >= 4 is 68.0 Å². The standard InChI is InChI=1S/C14H10BrCl3N2O/c1-6-2-9(15)12(5-10(6)16)20-14(21)8-3-7(19)4-11(17)13(8)18/h2-5H,19H2,1H3,(H,20,21). The average Bonchev–Trinajstić information content (AvgIpc) is 2.40. The van der Waals surface area contributed by atoms with Crippen molar-refractivity contribution in [2.75, 3.05) is 11.1 Å². The van der Waals surface area contributed by atoms with E-state index in [-0.39, 0.29) is 15.6 Å². The van der Waals surface area contributed by atoms with Crippen LogP contribution in [0.15, 0.2) is 28.7 Å². The van der Waals surface area contributed by atoms with Gasteiger partial charge in [0.05, 0.1) is 21.3 Å². The number of rotatable bonds is 2. The molecule has 0 heterocycles. The first kappa shape index (κ1) is 16.4. The van der Waals surface area contributed by atoms with Crippen LogP contribution in [0.5, 0.6) is 0 Å². The van der Waals surface area contributed by atoms with Crippen molar-refractivity contribution < 1.29 is 4.79 Å². The molecule has 0 saturated heterocycles. The summed E-state index contributed by atoms with van der Waals surface area (Å²) < 4.78 is 0.712. The van der Waals surface area contributed by atoms with Gasteiger partial charge in [-0.25, -0.2) is 0 Å². The molecule has 3 N–H and O–H groups in total. The van der Waals surface area contributed by atoms with Crippen LogP contribution in [0.25, 0.3) is 0 Å². The van der Waals surface area contributed by atoms with Crippen LogP contribution in [-0.2, 0) is 0 Å². The van der Waals surface area contributed by atoms with Gasteiger partial charge in [0, 0.05) is 15.2 Å². The fourth-order valence-corrected chi connectivity index (χ4v) is 2.85. The van der Waals surface area contributed by atoms with Crippen molar-refractivity contribution in [1.29, 1.82) is 0 Å². The third-order valence-electron chi connectivity index (χ3n) is 2.79. The summed E-state index contributed by atoms with van der Waals surface area (Å²) in [7, 11) is 0. The second kappa shape index (κ2) is 6.44. The monoisotopic (exact) mass is 406 g/mol. The summed E-state index contributed by atoms with van der Waals surface area (Å²) in [6.45, 7) is 1.87. The molecule has 1 amide bonds. The van der Waals surface area contributed by atoms with Crippen molar-refractivity contribution in [1.82, 2.24) is 0 Å². The van der Waals surface area contributed by atoms with E-state index in [4.69, 9.17) is 40.5 Å². The number of carbonyl (C=O) groups is 1. The molecule has 0 aliphatic heterocycles. The molecule has 0 radical (unpaired) electrons. The number of nitrogens with two attached hydrogens (primary N) is 1. The fraction of sp³-hybridized carbons (Fsp3) is 0.0714. The van der Waals surface area contributed by atoms with Gasteiger partial charge in [-0.3, -0.25) is 4.79 Å². The smallest absolute Gasteiger partial charge is 0.257 e. The number of hydrogen-bond acceptors (Lipinski definition) is 2. The van der Waals surface area contributed by atoms with Crippen LogP contribution in [0.3, 0.4) is 0 Å². The number of amides is 1. The molecular formula is C14H10BrCl3N2O. The van der Waals surface area contributed by atoms with Gasteiger partial charge in [-0.05, 0) is 52.7 Å². The molecule has 2 aromatic rings. The zero-order valence-corrected chi connectivity index (χ0v) is 14.7. The molecule has 2 aromatic carbocycles. The van der Waals surface area contributed by atoms with Gasteiger partial charge in [0.2, 0.25) is 0 Å². The Bertz CT molecular complexity index is 735. The quantitative estimate of drug-likeness (QED) is 0.640. The third-order valence-corrected chi connectivity index (χ3v) is 4.66. The number of aryl methyl sites for hydroxylation is 1. The van der Waals surface area contributed by atoms with Crippen molar-refractivity contribution in [2.45, 2.75) is 6.92 Å². The van der Waals surface area contributed by atoms with Crippen LogP contribution in [0.4, 0.5) is 11.4 Å². The molecule has 110 valence electrons. The van der Waals surface area contributed by atoms with Gasteiger partial charge in [0.1, 0.15) is 0 Å². The van der Waals surface area contributed by atoms with Crippen LogP contribution >= 0.6 is 50.7 Å². The minimum atomic E-state index is -0.421. The van der Waals surface area contributed by atoms with Crippen LogP contribution < -0.4 is 11.1 Å². The molecule has 21 heavy (non-hydrogen) atoms. The predicted octanol–water partition coefficient (Wildman–Crippen LogP) is 5.55. The Labute approximate surface area is 145 Å². The summed E-state index contributed by atoms with van der Waals surface area (Å²) in [4.78, 5) is 12.3. The van der Waals surface area contributed by atoms with Crippen molar-refractivity contribution in [3.8, 4) is 0 Å². The van der Waals surface area contributed by atoms with Crippen LogP contribution in [0.1, 0.15) is 15.9 Å². The number of carbonyl (C=O) groups excluding carboxylic acids is 1. The summed E-state index contributed by atoms with van der Waals surface area (Å²) in [6, 6.07) is 6.42. The molecule has 0 aliphatic carbocycles. The van der Waals surface area contributed by atoms with Crippen LogP contribution in [0, 0.1) is 6.92 Å². The molecule has 0 aliphatic rings. The van der Waals surface area contributed by atoms with E-state index >= 15 is 0 Å². The van der Waals surface area contributed by atoms with Crippen LogP contribution in [-0.4, -0.2) is 5.91 Å². The molecule has 0 atom stereocenters. The van der Waals surface area contributed by atoms with Gasteiger partial charge in [-0.15, -0.1) is 0 Å². The molecule has 3 nitrogen and oxygen atoms in total. The van der Waals surface area contributed by atoms with Gasteiger partial charge in [-0.1, -0.05) is 34.8 Å². The maximum atomic E-state index is 12.3. The fourth-order valence-electron chi connectivity index (χ4n) is 1.71. The van der Waals surface area contributed by atoms with E-state index in [1.165, 1.54) is 12.1 Å². The number of anilines is 2. The van der Waals surface area contributed by atoms with Crippen molar-refractivity contribution in [3.05, 3.63) is 54.9 Å². The van der Waals surface area contributed by atoms with Gasteiger partial charge >= 0.3 is 0 Å². The molecule has 2 rings (SSSR count). The molecule has 0 unspecified atom stereocenters. The van der Waals surface area contributed by atoms with E-state index in [9.17, 15) is 4.79 Å². The highest BCUT2D eigenvalue weighted by Gasteiger charge is 2.16. The summed E-state index contributed by atoms with van der Waals surface area (Å²) in [5.74, 6) is -0.421. The lowest BCUT2D eigenvalue weighted by molar-refractivity contribution is 0.102. The summed E-state index contributed by atoms with van der Waals surface area (Å²) in [5, 5.41) is 3.64. The summed E-state index contributed by atoms with van der Waals surface area (Å²) in [6.07, 6.45) is 0. The van der Waals surface area contributed by atoms with Crippen molar-refractivity contribution in [2.24, 2.45) is 0 Å². The Balaban J connectivity index is 2.37. The third kappa shape index (κ3) is 3.64. The number of nitrogens with one attached hydrogen (secondary N) is 1. The highest BCUT2D eigenvalue weighted by molar-refractivity contribution is 9.10. The van der Waals surface area contributed by atoms with Gasteiger partial charge in [0.25, 0.3) is 5.91 Å². The Morgan fingerprint density at radius 1 is 1.14 bits per heavy atom. The summed E-state index contributed by atoms with van der Waals surface area (Å²) >= 11 is 21.4. The second-order valence-corrected chi connectivity index (χ2v) is 6.45. The Morgan fingerprint density at radius 2 is 1.81 bits per heavy atom. The van der Waals surface area contributed by atoms with Gasteiger partial charge in [0.15, 0.2) is 0 Å². The highest BCUT2D eigenvalue weighted by Crippen LogP contribution is 2.32. The first-order valence-electron chi connectivity index (χ1n) is 5.81. The molecule has 0 fully saturated rings. The Hall–Kier alpha value is -0.940. The molecular weight excluding hydrogens is 398 g/mol. The number of nitrogen functional groups attached to an aromatic ring is 1. The minimum Gasteiger partial charge on any atom is -0.399 e. The highest BCUT2D eigenvalue weighted by atomic mass is 79.9. The normalized spacial score (nSPS) is 10.5. The maximum Gasteiger partial charge on any atom is 0.257 e. The van der Waals surface area contributed by atoms with Crippen LogP contribution in [0.2, 0.25) is 15.1 Å². The first-order chi connectivity index (χ1) is 9.79. The topological polar surface area (TPSA) is 55.1 Å². The first-order valence-corrected chi connectivity index (χ1v) is 7.74. The van der Waals surface area contributed by atoms with E-state index in [1.54, 1.807) is 6.07 Å². The zero-order valence-electron chi connectivity index (χ0n) is 10.8. The molecule has 0 spiro atoms. The van der Waals surface area contributed by atoms with E-state index in [1.807, 2.05) is 13.0 Å². The Kier molecular flexibility index (Phi) is 5.04. The lowest BCUT2D eigenvalue weighted by Crippen LogP contribution is -2.13. The maximum absolute atomic E-state index is 12.3. The Morgan fingerprint density at radius 3 is 2.48 bits per heavy atom. The zero-order chi connectivity index (χ0) is 15.7. The molecule has 0 aromatic heterocycles. The molecule has 0 bridgehead atoms. The van der Waals surface area contributed by atoms with E-state index in [0.717, 1.165) is 5.56 Å². The predicted molar refractivity (Wildman–Crippen MR) is 92.7 cm³/mol. The largest absolute Gasteiger partial charge is 0.399 e. The van der Waals surface area contributed by atoms with Crippen molar-refractivity contribution in [3.63, 3.8) is 0 Å². The van der Waals surface area contributed by atoms with E-state index < -0.39 is 5.91 Å². The lowest BCUT2D eigenvalue weighted by atomic mass is 10.1. The average molecular weight is 409 g/mol. The number of halogens is 4. The number of hydrogen-bond donors (Lipinski definition) is 2. The van der Waals surface area contributed by atoms with Gasteiger partial charge < -0.3 is 11.1 Å². The van der Waals surface area contributed by atoms with Gasteiger partial charge in [-0.2, -0.15) is 0 Å². The van der Waals surface area contributed by atoms with E-state index in [2.05, 4.69) is 21.2 Å². The lowest BCUT2D eigenvalue weighted by Gasteiger charge is -2.11. The molecule has 0 saturated carbocycles. The van der Waals surface area contributed by atoms with E-state index in [0.29, 0.717) is 20.9 Å². The number of benzene rings is 2. The summed E-state index contributed by atoms with van der Waals surface area (Å²) in [5.41, 5.74) is 7.66.